The standard InChI is InChI=1S/C9H8F2O4/c1-13-7-4-2-6(3-5-7)8(12)14-15-9(10)11/h2-5,9H,1H3. The third-order valence-electron chi connectivity index (χ3n) is 1.52. The largest absolute Gasteiger partial charge is 0.497 e. The summed E-state index contributed by atoms with van der Waals surface area (Å²) in [6, 6.07) is 5.74. The molecular weight excluding hydrogens is 210 g/mol. The molecule has 15 heavy (non-hydrogen) atoms. The Labute approximate surface area is 84.3 Å². The summed E-state index contributed by atoms with van der Waals surface area (Å²) in [7, 11) is 1.47. The SMILES string of the molecule is COc1ccc(C(=O)OOC(F)F)cc1. The topological polar surface area (TPSA) is 44.8 Å². The van der Waals surface area contributed by atoms with Gasteiger partial charge >= 0.3 is 12.6 Å². The zero-order valence-electron chi connectivity index (χ0n) is 7.78. The first-order valence-corrected chi connectivity index (χ1v) is 3.93. The quantitative estimate of drug-likeness (QED) is 0.572. The Bertz CT molecular complexity index is 323. The van der Waals surface area contributed by atoms with E-state index in [4.69, 9.17) is 4.74 Å². The average Bonchev–Trinajstić information content (AvgIpc) is 2.26. The van der Waals surface area contributed by atoms with E-state index in [1.54, 1.807) is 0 Å². The summed E-state index contributed by atoms with van der Waals surface area (Å²) in [6.45, 7) is -3.15. The van der Waals surface area contributed by atoms with Crippen molar-refractivity contribution >= 4 is 5.97 Å². The molecule has 6 heteroatoms. The molecule has 0 spiro atoms. The summed E-state index contributed by atoms with van der Waals surface area (Å²) in [4.78, 5) is 18.3. The lowest BCUT2D eigenvalue weighted by atomic mass is 10.2. The molecule has 0 heterocycles. The second-order valence-corrected chi connectivity index (χ2v) is 2.46. The van der Waals surface area contributed by atoms with Gasteiger partial charge in [0.25, 0.3) is 0 Å². The predicted octanol–water partition coefficient (Wildman–Crippen LogP) is 2.01. The predicted molar refractivity (Wildman–Crippen MR) is 45.5 cm³/mol. The highest BCUT2D eigenvalue weighted by atomic mass is 19.3. The van der Waals surface area contributed by atoms with Crippen molar-refractivity contribution in [1.82, 2.24) is 0 Å². The molecule has 0 amide bonds. The monoisotopic (exact) mass is 218 g/mol. The Kier molecular flexibility index (Phi) is 3.99. The molecule has 0 radical (unpaired) electrons. The van der Waals surface area contributed by atoms with Crippen molar-refractivity contribution in [2.45, 2.75) is 6.61 Å². The molecule has 1 rings (SSSR count). The molecule has 0 bridgehead atoms. The number of halogens is 2. The van der Waals surface area contributed by atoms with E-state index in [0.717, 1.165) is 0 Å². The molecule has 1 aromatic carbocycles. The van der Waals surface area contributed by atoms with E-state index < -0.39 is 12.6 Å². The van der Waals surface area contributed by atoms with E-state index in [0.29, 0.717) is 5.75 Å². The highest BCUT2D eigenvalue weighted by Crippen LogP contribution is 2.12. The Morgan fingerprint density at radius 3 is 2.33 bits per heavy atom. The van der Waals surface area contributed by atoms with Gasteiger partial charge in [0.05, 0.1) is 12.7 Å². The molecule has 1 aromatic rings. The minimum atomic E-state index is -3.15. The van der Waals surface area contributed by atoms with E-state index >= 15 is 0 Å². The fourth-order valence-corrected chi connectivity index (χ4v) is 0.855. The molecule has 0 N–H and O–H groups in total. The molecular formula is C9H8F2O4. The summed E-state index contributed by atoms with van der Waals surface area (Å²) in [5.74, 6) is -0.445. The van der Waals surface area contributed by atoms with Gasteiger partial charge in [0.15, 0.2) is 0 Å². The van der Waals surface area contributed by atoms with Crippen molar-refractivity contribution in [3.63, 3.8) is 0 Å². The fraction of sp³-hybridized carbons (Fsp3) is 0.222. The summed E-state index contributed by atoms with van der Waals surface area (Å²) < 4.78 is 27.9. The normalized spacial score (nSPS) is 10.1. The Morgan fingerprint density at radius 2 is 1.87 bits per heavy atom. The summed E-state index contributed by atoms with van der Waals surface area (Å²) in [6.07, 6.45) is 0. The smallest absolute Gasteiger partial charge is 0.381 e. The van der Waals surface area contributed by atoms with Crippen LogP contribution in [0.25, 0.3) is 0 Å². The fourth-order valence-electron chi connectivity index (χ4n) is 0.855. The van der Waals surface area contributed by atoms with Crippen LogP contribution in [0.3, 0.4) is 0 Å². The van der Waals surface area contributed by atoms with Crippen LogP contribution in [0.4, 0.5) is 8.78 Å². The van der Waals surface area contributed by atoms with Crippen LogP contribution < -0.4 is 4.74 Å². The van der Waals surface area contributed by atoms with Crippen LogP contribution >= 0.6 is 0 Å². The Balaban J connectivity index is 2.58. The first-order valence-electron chi connectivity index (χ1n) is 3.93. The summed E-state index contributed by atoms with van der Waals surface area (Å²) >= 11 is 0. The number of rotatable bonds is 4. The average molecular weight is 218 g/mol. The molecule has 0 aliphatic carbocycles. The second kappa shape index (κ2) is 5.26. The third-order valence-corrected chi connectivity index (χ3v) is 1.52. The van der Waals surface area contributed by atoms with E-state index in [1.165, 1.54) is 31.4 Å². The third kappa shape index (κ3) is 3.51. The lowest BCUT2D eigenvalue weighted by Gasteiger charge is -2.03. The molecule has 4 nitrogen and oxygen atoms in total. The first kappa shape index (κ1) is 11.4. The number of hydrogen-bond acceptors (Lipinski definition) is 4. The van der Waals surface area contributed by atoms with Crippen LogP contribution in [0.2, 0.25) is 0 Å². The van der Waals surface area contributed by atoms with Gasteiger partial charge in [-0.1, -0.05) is 0 Å². The van der Waals surface area contributed by atoms with Crippen molar-refractivity contribution in [1.29, 1.82) is 0 Å². The zero-order valence-corrected chi connectivity index (χ0v) is 7.78. The Hall–Kier alpha value is -1.69. The van der Waals surface area contributed by atoms with E-state index in [9.17, 15) is 13.6 Å². The van der Waals surface area contributed by atoms with Gasteiger partial charge in [0.1, 0.15) is 5.75 Å². The molecule has 82 valence electrons. The number of carbonyl (C=O) groups excluding carboxylic acids is 1. The summed E-state index contributed by atoms with van der Waals surface area (Å²) in [5, 5.41) is 0. The highest BCUT2D eigenvalue weighted by molar-refractivity contribution is 5.89. The van der Waals surface area contributed by atoms with Crippen molar-refractivity contribution < 1.29 is 28.1 Å². The molecule has 0 unspecified atom stereocenters. The molecule has 0 aromatic heterocycles. The first-order chi connectivity index (χ1) is 7.13. The lowest BCUT2D eigenvalue weighted by molar-refractivity contribution is -0.343. The van der Waals surface area contributed by atoms with E-state index in [2.05, 4.69) is 9.78 Å². The minimum absolute atomic E-state index is 0.0939. The van der Waals surface area contributed by atoms with Gasteiger partial charge in [0.2, 0.25) is 0 Å². The molecule has 0 saturated heterocycles. The summed E-state index contributed by atoms with van der Waals surface area (Å²) in [5.41, 5.74) is 0.0939. The van der Waals surface area contributed by atoms with E-state index in [1.807, 2.05) is 0 Å². The van der Waals surface area contributed by atoms with Gasteiger partial charge in [0, 0.05) is 0 Å². The van der Waals surface area contributed by atoms with Crippen LogP contribution in [0.1, 0.15) is 10.4 Å². The van der Waals surface area contributed by atoms with Gasteiger partial charge in [-0.25, -0.2) is 4.79 Å². The van der Waals surface area contributed by atoms with Crippen molar-refractivity contribution in [3.8, 4) is 5.75 Å². The lowest BCUT2D eigenvalue weighted by Crippen LogP contribution is -2.09. The van der Waals surface area contributed by atoms with Crippen LogP contribution in [-0.4, -0.2) is 19.7 Å². The van der Waals surface area contributed by atoms with E-state index in [-0.39, 0.29) is 5.56 Å². The highest BCUT2D eigenvalue weighted by Gasteiger charge is 2.11. The van der Waals surface area contributed by atoms with Crippen LogP contribution in [0.15, 0.2) is 24.3 Å². The maximum Gasteiger partial charge on any atom is 0.381 e. The number of methoxy groups -OCH3 is 1. The van der Waals surface area contributed by atoms with Gasteiger partial charge < -0.3 is 4.74 Å². The Morgan fingerprint density at radius 1 is 1.27 bits per heavy atom. The van der Waals surface area contributed by atoms with Gasteiger partial charge in [-0.3, -0.25) is 4.89 Å². The maximum atomic E-state index is 11.5. The van der Waals surface area contributed by atoms with Crippen molar-refractivity contribution in [2.75, 3.05) is 7.11 Å². The number of benzene rings is 1. The molecule has 0 aliphatic rings. The van der Waals surface area contributed by atoms with Crippen LogP contribution in [0.5, 0.6) is 5.75 Å². The molecule has 0 fully saturated rings. The minimum Gasteiger partial charge on any atom is -0.497 e. The molecule has 0 atom stereocenters. The maximum absolute atomic E-state index is 11.5. The van der Waals surface area contributed by atoms with Crippen molar-refractivity contribution in [2.24, 2.45) is 0 Å². The zero-order chi connectivity index (χ0) is 11.3. The molecule has 0 aliphatic heterocycles. The van der Waals surface area contributed by atoms with Gasteiger partial charge in [-0.05, 0) is 24.3 Å². The van der Waals surface area contributed by atoms with Gasteiger partial charge in [-0.2, -0.15) is 8.78 Å². The van der Waals surface area contributed by atoms with Crippen LogP contribution in [-0.2, 0) is 9.78 Å². The number of carbonyl (C=O) groups is 1. The number of ether oxygens (including phenoxy) is 1. The number of alkyl halides is 2. The van der Waals surface area contributed by atoms with Crippen LogP contribution in [0, 0.1) is 0 Å². The second-order valence-electron chi connectivity index (χ2n) is 2.46. The van der Waals surface area contributed by atoms with Crippen molar-refractivity contribution in [3.05, 3.63) is 29.8 Å². The molecule has 0 saturated carbocycles. The van der Waals surface area contributed by atoms with Gasteiger partial charge in [-0.15, -0.1) is 4.89 Å². The number of hydrogen-bond donors (Lipinski definition) is 0.